The molecule has 2 nitrogen and oxygen atoms in total. The number of methoxy groups -OCH3 is 1. The summed E-state index contributed by atoms with van der Waals surface area (Å²) in [6.07, 6.45) is 0.397. The molecular weight excluding hydrogens is 253 g/mol. The van der Waals surface area contributed by atoms with Gasteiger partial charge in [0.15, 0.2) is 0 Å². The molecule has 102 valence electrons. The van der Waals surface area contributed by atoms with E-state index >= 15 is 0 Å². The fraction of sp³-hybridized carbons (Fsp3) is 0.235. The second-order valence-corrected chi connectivity index (χ2v) is 4.94. The molecule has 1 atom stereocenters. The SMILES string of the molecule is COc1ccc(F)cc1CC(C)(C#N)c1ccccc1. The molecule has 0 saturated heterocycles. The summed E-state index contributed by atoms with van der Waals surface area (Å²) in [4.78, 5) is 0. The zero-order valence-corrected chi connectivity index (χ0v) is 11.6. The van der Waals surface area contributed by atoms with E-state index in [1.54, 1.807) is 13.2 Å². The normalized spacial score (nSPS) is 13.3. The Kier molecular flexibility index (Phi) is 4.05. The van der Waals surface area contributed by atoms with Crippen molar-refractivity contribution in [2.75, 3.05) is 7.11 Å². The van der Waals surface area contributed by atoms with Crippen LogP contribution in [0.5, 0.6) is 5.75 Å². The molecule has 20 heavy (non-hydrogen) atoms. The van der Waals surface area contributed by atoms with Crippen LogP contribution in [0.15, 0.2) is 48.5 Å². The number of benzene rings is 2. The Morgan fingerprint density at radius 2 is 1.90 bits per heavy atom. The number of nitriles is 1. The summed E-state index contributed by atoms with van der Waals surface area (Å²) in [5, 5.41) is 9.55. The largest absolute Gasteiger partial charge is 0.496 e. The summed E-state index contributed by atoms with van der Waals surface area (Å²) in [5.74, 6) is 0.276. The number of nitrogens with zero attached hydrogens (tertiary/aromatic N) is 1. The zero-order valence-electron chi connectivity index (χ0n) is 11.6. The predicted molar refractivity (Wildman–Crippen MR) is 76.1 cm³/mol. The van der Waals surface area contributed by atoms with E-state index in [2.05, 4.69) is 6.07 Å². The molecule has 2 aromatic rings. The van der Waals surface area contributed by atoms with Crippen LogP contribution < -0.4 is 4.74 Å². The monoisotopic (exact) mass is 269 g/mol. The molecular formula is C17H16FNO. The van der Waals surface area contributed by atoms with E-state index in [0.29, 0.717) is 17.7 Å². The molecule has 0 aliphatic heterocycles. The lowest BCUT2D eigenvalue weighted by molar-refractivity contribution is 0.404. The van der Waals surface area contributed by atoms with Crippen molar-refractivity contribution in [2.24, 2.45) is 0 Å². The second kappa shape index (κ2) is 5.75. The Balaban J connectivity index is 2.41. The number of rotatable bonds is 4. The fourth-order valence-corrected chi connectivity index (χ4v) is 2.28. The molecule has 0 saturated carbocycles. The van der Waals surface area contributed by atoms with Gasteiger partial charge < -0.3 is 4.74 Å². The minimum Gasteiger partial charge on any atom is -0.496 e. The minimum absolute atomic E-state index is 0.325. The highest BCUT2D eigenvalue weighted by Gasteiger charge is 2.28. The van der Waals surface area contributed by atoms with Crippen LogP contribution in [-0.2, 0) is 11.8 Å². The third kappa shape index (κ3) is 2.80. The topological polar surface area (TPSA) is 33.0 Å². The lowest BCUT2D eigenvalue weighted by Crippen LogP contribution is -2.23. The van der Waals surface area contributed by atoms with E-state index < -0.39 is 5.41 Å². The van der Waals surface area contributed by atoms with Gasteiger partial charge in [-0.2, -0.15) is 5.26 Å². The maximum absolute atomic E-state index is 13.4. The molecule has 0 spiro atoms. The number of hydrogen-bond acceptors (Lipinski definition) is 2. The van der Waals surface area contributed by atoms with E-state index in [4.69, 9.17) is 4.74 Å². The Labute approximate surface area is 118 Å². The quantitative estimate of drug-likeness (QED) is 0.844. The maximum Gasteiger partial charge on any atom is 0.123 e. The highest BCUT2D eigenvalue weighted by atomic mass is 19.1. The molecule has 2 rings (SSSR count). The van der Waals surface area contributed by atoms with Gasteiger partial charge in [-0.1, -0.05) is 30.3 Å². The summed E-state index contributed by atoms with van der Waals surface area (Å²) in [7, 11) is 1.54. The van der Waals surface area contributed by atoms with Crippen molar-refractivity contribution >= 4 is 0 Å². The zero-order chi connectivity index (χ0) is 14.6. The van der Waals surface area contributed by atoms with Crippen molar-refractivity contribution in [2.45, 2.75) is 18.8 Å². The molecule has 3 heteroatoms. The van der Waals surface area contributed by atoms with Crippen molar-refractivity contribution in [3.05, 3.63) is 65.5 Å². The van der Waals surface area contributed by atoms with Crippen LogP contribution in [0.2, 0.25) is 0 Å². The molecule has 0 radical (unpaired) electrons. The van der Waals surface area contributed by atoms with Crippen molar-refractivity contribution in [3.8, 4) is 11.8 Å². The molecule has 0 bridgehead atoms. The van der Waals surface area contributed by atoms with E-state index in [1.807, 2.05) is 37.3 Å². The van der Waals surface area contributed by atoms with Gasteiger partial charge in [-0.3, -0.25) is 0 Å². The summed E-state index contributed by atoms with van der Waals surface area (Å²) in [6.45, 7) is 1.85. The van der Waals surface area contributed by atoms with Crippen molar-refractivity contribution < 1.29 is 9.13 Å². The summed E-state index contributed by atoms with van der Waals surface area (Å²) in [6, 6.07) is 16.2. The average molecular weight is 269 g/mol. The molecule has 0 aliphatic carbocycles. The summed E-state index contributed by atoms with van der Waals surface area (Å²) < 4.78 is 18.7. The summed E-state index contributed by atoms with van der Waals surface area (Å²) >= 11 is 0. The van der Waals surface area contributed by atoms with Gasteiger partial charge in [0.25, 0.3) is 0 Å². The Morgan fingerprint density at radius 3 is 2.50 bits per heavy atom. The molecule has 2 aromatic carbocycles. The second-order valence-electron chi connectivity index (χ2n) is 4.94. The molecule has 0 N–H and O–H groups in total. The van der Waals surface area contributed by atoms with Gasteiger partial charge in [-0.15, -0.1) is 0 Å². The van der Waals surface area contributed by atoms with Gasteiger partial charge in [0.05, 0.1) is 18.6 Å². The van der Waals surface area contributed by atoms with Gasteiger partial charge in [0, 0.05) is 0 Å². The van der Waals surface area contributed by atoms with Crippen LogP contribution in [0.25, 0.3) is 0 Å². The van der Waals surface area contributed by atoms with Gasteiger partial charge in [0.1, 0.15) is 11.6 Å². The van der Waals surface area contributed by atoms with E-state index in [9.17, 15) is 9.65 Å². The number of ether oxygens (including phenoxy) is 1. The standard InChI is InChI=1S/C17H16FNO/c1-17(12-19,14-6-4-3-5-7-14)11-13-10-15(18)8-9-16(13)20-2/h3-10H,11H2,1-2H3. The highest BCUT2D eigenvalue weighted by molar-refractivity contribution is 5.40. The third-order valence-corrected chi connectivity index (χ3v) is 3.44. The molecule has 0 amide bonds. The molecule has 0 heterocycles. The minimum atomic E-state index is -0.720. The van der Waals surface area contributed by atoms with Gasteiger partial charge in [-0.25, -0.2) is 4.39 Å². The first-order valence-electron chi connectivity index (χ1n) is 6.38. The van der Waals surface area contributed by atoms with Crippen LogP contribution in [0.1, 0.15) is 18.1 Å². The van der Waals surface area contributed by atoms with Crippen molar-refractivity contribution in [1.29, 1.82) is 5.26 Å². The lowest BCUT2D eigenvalue weighted by atomic mass is 9.78. The Bertz CT molecular complexity index is 633. The fourth-order valence-electron chi connectivity index (χ4n) is 2.28. The van der Waals surface area contributed by atoms with Crippen LogP contribution in [0.3, 0.4) is 0 Å². The van der Waals surface area contributed by atoms with Gasteiger partial charge >= 0.3 is 0 Å². The van der Waals surface area contributed by atoms with Crippen LogP contribution in [0, 0.1) is 17.1 Å². The van der Waals surface area contributed by atoms with Crippen LogP contribution >= 0.6 is 0 Å². The molecule has 1 unspecified atom stereocenters. The first-order valence-corrected chi connectivity index (χ1v) is 6.38. The molecule has 0 aromatic heterocycles. The maximum atomic E-state index is 13.4. The highest BCUT2D eigenvalue weighted by Crippen LogP contribution is 2.31. The Hall–Kier alpha value is -2.34. The van der Waals surface area contributed by atoms with Gasteiger partial charge in [0.2, 0.25) is 0 Å². The van der Waals surface area contributed by atoms with Crippen molar-refractivity contribution in [3.63, 3.8) is 0 Å². The predicted octanol–water partition coefficient (Wildman–Crippen LogP) is 3.86. The number of halogens is 1. The molecule has 0 aliphatic rings. The van der Waals surface area contributed by atoms with E-state index in [0.717, 1.165) is 5.56 Å². The van der Waals surface area contributed by atoms with E-state index in [-0.39, 0.29) is 5.82 Å². The van der Waals surface area contributed by atoms with Crippen LogP contribution in [0.4, 0.5) is 4.39 Å². The first kappa shape index (κ1) is 14.1. The number of hydrogen-bond donors (Lipinski definition) is 0. The van der Waals surface area contributed by atoms with Crippen LogP contribution in [-0.4, -0.2) is 7.11 Å². The smallest absolute Gasteiger partial charge is 0.123 e. The van der Waals surface area contributed by atoms with E-state index in [1.165, 1.54) is 12.1 Å². The first-order chi connectivity index (χ1) is 9.59. The lowest BCUT2D eigenvalue weighted by Gasteiger charge is -2.23. The average Bonchev–Trinajstić information content (AvgIpc) is 2.48. The molecule has 0 fully saturated rings. The van der Waals surface area contributed by atoms with Gasteiger partial charge in [-0.05, 0) is 42.7 Å². The summed E-state index contributed by atoms with van der Waals surface area (Å²) in [5.41, 5.74) is 0.886. The Morgan fingerprint density at radius 1 is 1.20 bits per heavy atom. The van der Waals surface area contributed by atoms with Crippen molar-refractivity contribution in [1.82, 2.24) is 0 Å². The third-order valence-electron chi connectivity index (χ3n) is 3.44.